The minimum Gasteiger partial charge on any atom is -0.488 e. The number of amides is 1. The fourth-order valence-electron chi connectivity index (χ4n) is 5.08. The topological polar surface area (TPSA) is 45.2 Å². The first kappa shape index (κ1) is 22.2. The normalized spacial score (nSPS) is 23.2. The van der Waals surface area contributed by atoms with Gasteiger partial charge >= 0.3 is 0 Å². The predicted octanol–water partition coefficient (Wildman–Crippen LogP) is 3.73. The van der Waals surface area contributed by atoms with Crippen molar-refractivity contribution in [1.29, 1.82) is 0 Å². The third-order valence-electron chi connectivity index (χ3n) is 7.06. The molecule has 0 aliphatic carbocycles. The van der Waals surface area contributed by atoms with E-state index in [2.05, 4.69) is 23.9 Å². The molecule has 0 aromatic heterocycles. The van der Waals surface area contributed by atoms with Crippen LogP contribution >= 0.6 is 0 Å². The number of hydrogen-bond donors (Lipinski definition) is 0. The molecule has 0 radical (unpaired) electrons. The monoisotopic (exact) mass is 453 g/mol. The first-order valence-electron chi connectivity index (χ1n) is 11.9. The minimum absolute atomic E-state index is 0.0673. The van der Waals surface area contributed by atoms with Crippen molar-refractivity contribution in [3.05, 3.63) is 53.3 Å². The largest absolute Gasteiger partial charge is 0.488 e. The average Bonchev–Trinajstić information content (AvgIpc) is 3.30. The van der Waals surface area contributed by atoms with Crippen molar-refractivity contribution in [2.24, 2.45) is 0 Å². The van der Waals surface area contributed by atoms with Crippen LogP contribution in [0.5, 0.6) is 5.75 Å². The van der Waals surface area contributed by atoms with Gasteiger partial charge in [0.1, 0.15) is 17.7 Å². The van der Waals surface area contributed by atoms with Crippen LogP contribution in [0.3, 0.4) is 0 Å². The highest BCUT2D eigenvalue weighted by Crippen LogP contribution is 2.32. The van der Waals surface area contributed by atoms with Gasteiger partial charge in [-0.1, -0.05) is 0 Å². The number of fused-ring (bicyclic) bond motifs is 1. The first-order valence-corrected chi connectivity index (χ1v) is 11.9. The molecule has 6 nitrogen and oxygen atoms in total. The average molecular weight is 454 g/mol. The summed E-state index contributed by atoms with van der Waals surface area (Å²) < 4.78 is 26.6. The maximum Gasteiger partial charge on any atom is 0.258 e. The summed E-state index contributed by atoms with van der Waals surface area (Å²) in [6.45, 7) is 3.58. The maximum absolute atomic E-state index is 15.1. The summed E-state index contributed by atoms with van der Waals surface area (Å²) in [6, 6.07) is 11.3. The van der Waals surface area contributed by atoms with Gasteiger partial charge in [-0.3, -0.25) is 4.79 Å². The zero-order valence-electron chi connectivity index (χ0n) is 19.4. The summed E-state index contributed by atoms with van der Waals surface area (Å²) in [5, 5.41) is 0. The van der Waals surface area contributed by atoms with Crippen molar-refractivity contribution in [3.8, 4) is 5.75 Å². The van der Waals surface area contributed by atoms with E-state index in [9.17, 15) is 4.79 Å². The maximum atomic E-state index is 15.1. The summed E-state index contributed by atoms with van der Waals surface area (Å²) in [7, 11) is 4.12. The Morgan fingerprint density at radius 2 is 2.00 bits per heavy atom. The molecule has 0 N–H and O–H groups in total. The van der Waals surface area contributed by atoms with Crippen LogP contribution in [-0.2, 0) is 11.2 Å². The number of likely N-dealkylation sites (N-methyl/N-ethyl adjacent to an activating group) is 1. The summed E-state index contributed by atoms with van der Waals surface area (Å²) in [5.74, 6) is 0.413. The lowest BCUT2D eigenvalue weighted by atomic mass is 9.98. The molecule has 2 aromatic carbocycles. The fraction of sp³-hybridized carbons (Fsp3) is 0.500. The third kappa shape index (κ3) is 4.57. The molecule has 3 aliphatic heterocycles. The van der Waals surface area contributed by atoms with Crippen LogP contribution in [0.1, 0.15) is 35.2 Å². The lowest BCUT2D eigenvalue weighted by molar-refractivity contribution is 0.00739. The van der Waals surface area contributed by atoms with Gasteiger partial charge in [0.05, 0.1) is 12.3 Å². The van der Waals surface area contributed by atoms with Crippen LogP contribution in [0.15, 0.2) is 36.4 Å². The lowest BCUT2D eigenvalue weighted by Gasteiger charge is -2.30. The number of carbonyl (C=O) groups is 1. The van der Waals surface area contributed by atoms with Crippen LogP contribution in [0, 0.1) is 5.82 Å². The predicted molar refractivity (Wildman–Crippen MR) is 127 cm³/mol. The number of anilines is 2. The summed E-state index contributed by atoms with van der Waals surface area (Å²) in [6.07, 6.45) is 3.79. The van der Waals surface area contributed by atoms with Crippen molar-refractivity contribution >= 4 is 17.3 Å². The minimum atomic E-state index is -0.274. The van der Waals surface area contributed by atoms with Crippen LogP contribution in [0.4, 0.5) is 15.8 Å². The first-order chi connectivity index (χ1) is 16.0. The van der Waals surface area contributed by atoms with Crippen molar-refractivity contribution < 1.29 is 18.7 Å². The highest BCUT2D eigenvalue weighted by molar-refractivity contribution is 6.08. The van der Waals surface area contributed by atoms with Crippen molar-refractivity contribution in [3.63, 3.8) is 0 Å². The van der Waals surface area contributed by atoms with E-state index >= 15 is 4.39 Å². The molecule has 2 saturated heterocycles. The fourth-order valence-corrected chi connectivity index (χ4v) is 5.08. The van der Waals surface area contributed by atoms with Gasteiger partial charge in [-0.25, -0.2) is 4.39 Å². The number of ether oxygens (including phenoxy) is 2. The molecule has 2 fully saturated rings. The summed E-state index contributed by atoms with van der Waals surface area (Å²) in [5.41, 5.74) is 2.86. The number of halogens is 1. The molecule has 7 heteroatoms. The standard InChI is InChI=1S/C26H32FN3O3/c1-28(2)20-10-11-29(16-20)25-8-5-19(15-24(25)27)30-12-9-18-14-21(6-7-23(18)26(30)31)33-22-4-3-13-32-17-22/h5-8,14-15,20,22H,3-4,9-13,16-17H2,1-2H3/t20-,22?/m1/s1. The van der Waals surface area contributed by atoms with Gasteiger partial charge < -0.3 is 24.2 Å². The smallest absolute Gasteiger partial charge is 0.258 e. The second-order valence-electron chi connectivity index (χ2n) is 9.47. The lowest BCUT2D eigenvalue weighted by Crippen LogP contribution is -2.38. The molecule has 1 unspecified atom stereocenters. The van der Waals surface area contributed by atoms with E-state index in [1.165, 1.54) is 6.07 Å². The Bertz CT molecular complexity index is 1020. The second kappa shape index (κ2) is 9.31. The van der Waals surface area contributed by atoms with Crippen molar-refractivity contribution in [2.75, 3.05) is 56.7 Å². The van der Waals surface area contributed by atoms with Crippen LogP contribution < -0.4 is 14.5 Å². The highest BCUT2D eigenvalue weighted by Gasteiger charge is 2.29. The van der Waals surface area contributed by atoms with Crippen LogP contribution in [0.2, 0.25) is 0 Å². The van der Waals surface area contributed by atoms with E-state index < -0.39 is 0 Å². The van der Waals surface area contributed by atoms with Gasteiger partial charge in [-0.2, -0.15) is 0 Å². The number of hydrogen-bond acceptors (Lipinski definition) is 5. The molecule has 2 aromatic rings. The molecule has 1 amide bonds. The Hall–Kier alpha value is -2.64. The van der Waals surface area contributed by atoms with E-state index in [1.54, 1.807) is 4.90 Å². The second-order valence-corrected chi connectivity index (χ2v) is 9.47. The molecule has 5 rings (SSSR count). The van der Waals surface area contributed by atoms with Crippen molar-refractivity contribution in [2.45, 2.75) is 37.8 Å². The zero-order chi connectivity index (χ0) is 22.9. The Morgan fingerprint density at radius 3 is 2.73 bits per heavy atom. The van der Waals surface area contributed by atoms with E-state index in [-0.39, 0.29) is 17.8 Å². The number of nitrogens with zero attached hydrogens (tertiary/aromatic N) is 3. The molecule has 33 heavy (non-hydrogen) atoms. The molecule has 2 atom stereocenters. The summed E-state index contributed by atoms with van der Waals surface area (Å²) >= 11 is 0. The molecular weight excluding hydrogens is 421 g/mol. The van der Waals surface area contributed by atoms with Gasteiger partial charge in [-0.15, -0.1) is 0 Å². The number of carbonyl (C=O) groups excluding carboxylic acids is 1. The molecule has 0 bridgehead atoms. The molecule has 3 aliphatic rings. The van der Waals surface area contributed by atoms with Crippen LogP contribution in [0.25, 0.3) is 0 Å². The summed E-state index contributed by atoms with van der Waals surface area (Å²) in [4.78, 5) is 19.2. The molecule has 3 heterocycles. The van der Waals surface area contributed by atoms with Gasteiger partial charge in [0, 0.05) is 43.5 Å². The van der Waals surface area contributed by atoms with Gasteiger partial charge in [0.25, 0.3) is 5.91 Å². The Morgan fingerprint density at radius 1 is 1.12 bits per heavy atom. The van der Waals surface area contributed by atoms with E-state index in [0.717, 1.165) is 50.3 Å². The Labute approximate surface area is 194 Å². The Balaban J connectivity index is 1.29. The highest BCUT2D eigenvalue weighted by atomic mass is 19.1. The molecule has 0 saturated carbocycles. The molecular formula is C26H32FN3O3. The Kier molecular flexibility index (Phi) is 6.25. The zero-order valence-corrected chi connectivity index (χ0v) is 19.4. The molecule has 176 valence electrons. The van der Waals surface area contributed by atoms with E-state index in [0.29, 0.717) is 42.6 Å². The number of benzene rings is 2. The van der Waals surface area contributed by atoms with Crippen LogP contribution in [-0.4, -0.2) is 69.9 Å². The van der Waals surface area contributed by atoms with E-state index in [1.807, 2.05) is 30.3 Å². The van der Waals surface area contributed by atoms with Crippen molar-refractivity contribution in [1.82, 2.24) is 4.90 Å². The molecule has 0 spiro atoms. The third-order valence-corrected chi connectivity index (χ3v) is 7.06. The SMILES string of the molecule is CN(C)[C@@H]1CCN(c2ccc(N3CCc4cc(OC5CCCOC5)ccc4C3=O)cc2F)C1. The van der Waals surface area contributed by atoms with E-state index in [4.69, 9.17) is 9.47 Å². The quantitative estimate of drug-likeness (QED) is 0.691. The van der Waals surface area contributed by atoms with Gasteiger partial charge in [0.15, 0.2) is 0 Å². The van der Waals surface area contributed by atoms with Gasteiger partial charge in [-0.05, 0) is 81.7 Å². The number of rotatable bonds is 5. The van der Waals surface area contributed by atoms with Gasteiger partial charge in [0.2, 0.25) is 0 Å².